The van der Waals surface area contributed by atoms with Gasteiger partial charge in [-0.1, -0.05) is 41.9 Å². The number of carbonyl (C=O) groups is 1. The van der Waals surface area contributed by atoms with Crippen LogP contribution in [0.2, 0.25) is 5.02 Å². The fourth-order valence-corrected chi connectivity index (χ4v) is 4.84. The zero-order valence-corrected chi connectivity index (χ0v) is 13.9. The van der Waals surface area contributed by atoms with Gasteiger partial charge < -0.3 is 0 Å². The quantitative estimate of drug-likeness (QED) is 0.791. The Kier molecular flexibility index (Phi) is 4.98. The monoisotopic (exact) mass is 393 g/mol. The van der Waals surface area contributed by atoms with Crippen LogP contribution in [0.4, 0.5) is 0 Å². The van der Waals surface area contributed by atoms with Gasteiger partial charge in [-0.25, -0.2) is 13.1 Å². The lowest BCUT2D eigenvalue weighted by Crippen LogP contribution is -2.29. The second kappa shape index (κ2) is 6.36. The van der Waals surface area contributed by atoms with Crippen LogP contribution in [0.5, 0.6) is 0 Å². The SMILES string of the molecule is O=C(CNS(=O)(=O)c1cc(Cl)c(Br)s1)c1ccccc1. The Hall–Kier alpha value is -0.730. The van der Waals surface area contributed by atoms with E-state index in [1.807, 2.05) is 0 Å². The Morgan fingerprint density at radius 3 is 2.50 bits per heavy atom. The molecule has 0 spiro atoms. The van der Waals surface area contributed by atoms with Gasteiger partial charge in [0, 0.05) is 5.56 Å². The number of nitrogens with one attached hydrogen (secondary N) is 1. The smallest absolute Gasteiger partial charge is 0.250 e. The number of halogens is 2. The number of sulfonamides is 1. The van der Waals surface area contributed by atoms with Crippen molar-refractivity contribution in [3.63, 3.8) is 0 Å². The molecule has 0 atom stereocenters. The van der Waals surface area contributed by atoms with Crippen LogP contribution in [0.3, 0.4) is 0 Å². The molecule has 0 saturated carbocycles. The van der Waals surface area contributed by atoms with Crippen molar-refractivity contribution < 1.29 is 13.2 Å². The molecule has 0 bridgehead atoms. The number of benzene rings is 1. The van der Waals surface area contributed by atoms with E-state index in [2.05, 4.69) is 20.7 Å². The fraction of sp³-hybridized carbons (Fsp3) is 0.0833. The summed E-state index contributed by atoms with van der Waals surface area (Å²) in [6.07, 6.45) is 0. The van der Waals surface area contributed by atoms with Crippen molar-refractivity contribution in [2.24, 2.45) is 0 Å². The molecule has 0 aliphatic rings. The van der Waals surface area contributed by atoms with E-state index in [4.69, 9.17) is 11.6 Å². The van der Waals surface area contributed by atoms with E-state index in [-0.39, 0.29) is 16.5 Å². The minimum absolute atomic E-state index is 0.0650. The average molecular weight is 395 g/mol. The van der Waals surface area contributed by atoms with Crippen molar-refractivity contribution in [3.8, 4) is 0 Å². The summed E-state index contributed by atoms with van der Waals surface area (Å²) in [6, 6.07) is 9.83. The Labute approximate surface area is 134 Å². The normalized spacial score (nSPS) is 11.5. The summed E-state index contributed by atoms with van der Waals surface area (Å²) in [7, 11) is -3.73. The van der Waals surface area contributed by atoms with Crippen molar-refractivity contribution in [3.05, 3.63) is 50.8 Å². The first-order chi connectivity index (χ1) is 9.40. The standard InChI is InChI=1S/C12H9BrClNO3S2/c13-12-9(14)6-11(19-12)20(17,18)15-7-10(16)8-4-2-1-3-5-8/h1-6,15H,7H2. The maximum absolute atomic E-state index is 12.0. The summed E-state index contributed by atoms with van der Waals surface area (Å²) in [6.45, 7) is -0.292. The maximum Gasteiger partial charge on any atom is 0.250 e. The van der Waals surface area contributed by atoms with Gasteiger partial charge in [-0.15, -0.1) is 11.3 Å². The molecule has 106 valence electrons. The van der Waals surface area contributed by atoms with Crippen LogP contribution in [-0.2, 0) is 10.0 Å². The number of thiophene rings is 1. The number of rotatable bonds is 5. The van der Waals surface area contributed by atoms with Crippen LogP contribution in [0, 0.1) is 0 Å². The molecule has 0 saturated heterocycles. The highest BCUT2D eigenvalue weighted by atomic mass is 79.9. The summed E-state index contributed by atoms with van der Waals surface area (Å²) >= 11 is 9.94. The molecule has 1 aromatic carbocycles. The van der Waals surface area contributed by atoms with Crippen LogP contribution in [0.25, 0.3) is 0 Å². The molecular weight excluding hydrogens is 386 g/mol. The molecule has 0 amide bonds. The summed E-state index contributed by atoms with van der Waals surface area (Å²) in [5.74, 6) is -0.295. The number of carbonyl (C=O) groups excluding carboxylic acids is 1. The summed E-state index contributed by atoms with van der Waals surface area (Å²) < 4.78 is 26.9. The molecule has 2 rings (SSSR count). The average Bonchev–Trinajstić information content (AvgIpc) is 2.78. The molecule has 0 fully saturated rings. The van der Waals surface area contributed by atoms with Gasteiger partial charge in [0.1, 0.15) is 4.21 Å². The number of ketones is 1. The highest BCUT2D eigenvalue weighted by Gasteiger charge is 2.20. The first kappa shape index (κ1) is 15.7. The first-order valence-electron chi connectivity index (χ1n) is 5.43. The lowest BCUT2D eigenvalue weighted by molar-refractivity contribution is 0.0997. The summed E-state index contributed by atoms with van der Waals surface area (Å²) in [5.41, 5.74) is 0.459. The van der Waals surface area contributed by atoms with Gasteiger partial charge >= 0.3 is 0 Å². The van der Waals surface area contributed by atoms with E-state index in [1.54, 1.807) is 30.3 Å². The molecule has 4 nitrogen and oxygen atoms in total. The van der Waals surface area contributed by atoms with E-state index in [0.717, 1.165) is 11.3 Å². The Morgan fingerprint density at radius 1 is 1.30 bits per heavy atom. The zero-order chi connectivity index (χ0) is 14.8. The highest BCUT2D eigenvalue weighted by molar-refractivity contribution is 9.11. The Balaban J connectivity index is 2.08. The zero-order valence-electron chi connectivity index (χ0n) is 9.97. The fourth-order valence-electron chi connectivity index (χ4n) is 1.42. The van der Waals surface area contributed by atoms with Crippen LogP contribution >= 0.6 is 38.9 Å². The molecule has 1 aromatic heterocycles. The van der Waals surface area contributed by atoms with Crippen molar-refractivity contribution in [2.75, 3.05) is 6.54 Å². The van der Waals surface area contributed by atoms with Crippen LogP contribution in [-0.4, -0.2) is 20.7 Å². The van der Waals surface area contributed by atoms with Gasteiger partial charge in [0.2, 0.25) is 0 Å². The van der Waals surface area contributed by atoms with Gasteiger partial charge in [-0.3, -0.25) is 4.79 Å². The van der Waals surface area contributed by atoms with E-state index < -0.39 is 10.0 Å². The molecule has 2 aromatic rings. The van der Waals surface area contributed by atoms with Gasteiger partial charge in [-0.2, -0.15) is 0 Å². The largest absolute Gasteiger partial charge is 0.293 e. The minimum atomic E-state index is -3.73. The molecule has 1 N–H and O–H groups in total. The predicted octanol–water partition coefficient (Wildman–Crippen LogP) is 3.33. The molecule has 8 heteroatoms. The predicted molar refractivity (Wildman–Crippen MR) is 83.0 cm³/mol. The second-order valence-corrected chi connectivity index (χ2v) is 8.57. The lowest BCUT2D eigenvalue weighted by atomic mass is 10.1. The van der Waals surface area contributed by atoms with E-state index in [0.29, 0.717) is 14.4 Å². The van der Waals surface area contributed by atoms with Crippen molar-refractivity contribution in [2.45, 2.75) is 4.21 Å². The minimum Gasteiger partial charge on any atom is -0.293 e. The highest BCUT2D eigenvalue weighted by Crippen LogP contribution is 2.34. The first-order valence-corrected chi connectivity index (χ1v) is 8.90. The van der Waals surface area contributed by atoms with Gasteiger partial charge in [-0.05, 0) is 22.0 Å². The molecular formula is C12H9BrClNO3S2. The molecule has 20 heavy (non-hydrogen) atoms. The van der Waals surface area contributed by atoms with Crippen molar-refractivity contribution >= 4 is 54.7 Å². The second-order valence-electron chi connectivity index (χ2n) is 3.80. The topological polar surface area (TPSA) is 63.2 Å². The number of hydrogen-bond donors (Lipinski definition) is 1. The van der Waals surface area contributed by atoms with Crippen molar-refractivity contribution in [1.82, 2.24) is 4.72 Å². The maximum atomic E-state index is 12.0. The summed E-state index contributed by atoms with van der Waals surface area (Å²) in [4.78, 5) is 11.8. The van der Waals surface area contributed by atoms with Crippen LogP contribution < -0.4 is 4.72 Å². The van der Waals surface area contributed by atoms with Gasteiger partial charge in [0.05, 0.1) is 15.4 Å². The third kappa shape index (κ3) is 3.67. The molecule has 0 aliphatic heterocycles. The van der Waals surface area contributed by atoms with E-state index >= 15 is 0 Å². The number of Topliss-reactive ketones (excluding diaryl/α,β-unsaturated/α-hetero) is 1. The molecule has 0 unspecified atom stereocenters. The third-order valence-corrected chi connectivity index (χ3v) is 6.76. The van der Waals surface area contributed by atoms with Crippen LogP contribution in [0.1, 0.15) is 10.4 Å². The van der Waals surface area contributed by atoms with E-state index in [1.165, 1.54) is 6.07 Å². The van der Waals surface area contributed by atoms with Gasteiger partial charge in [0.25, 0.3) is 10.0 Å². The molecule has 1 heterocycles. The lowest BCUT2D eigenvalue weighted by Gasteiger charge is -2.04. The Bertz CT molecular complexity index is 709. The molecule has 0 radical (unpaired) electrons. The third-order valence-electron chi connectivity index (χ3n) is 2.41. The molecule has 0 aliphatic carbocycles. The van der Waals surface area contributed by atoms with E-state index in [9.17, 15) is 13.2 Å². The Morgan fingerprint density at radius 2 is 1.95 bits per heavy atom. The van der Waals surface area contributed by atoms with Crippen LogP contribution in [0.15, 0.2) is 44.4 Å². The van der Waals surface area contributed by atoms with Gasteiger partial charge in [0.15, 0.2) is 5.78 Å². The summed E-state index contributed by atoms with van der Waals surface area (Å²) in [5, 5.41) is 0.324. The number of hydrogen-bond acceptors (Lipinski definition) is 4. The van der Waals surface area contributed by atoms with Crippen molar-refractivity contribution in [1.29, 1.82) is 0 Å².